The van der Waals surface area contributed by atoms with Gasteiger partial charge in [-0.1, -0.05) is 0 Å². The molecule has 2 unspecified atom stereocenters. The van der Waals surface area contributed by atoms with Crippen molar-refractivity contribution in [3.05, 3.63) is 0 Å². The lowest BCUT2D eigenvalue weighted by Crippen LogP contribution is -2.39. The van der Waals surface area contributed by atoms with Crippen molar-refractivity contribution in [1.82, 2.24) is 5.01 Å². The molecule has 0 aromatic carbocycles. The van der Waals surface area contributed by atoms with Crippen LogP contribution in [0.3, 0.4) is 0 Å². The fourth-order valence-corrected chi connectivity index (χ4v) is 1.04. The molecule has 10 heavy (non-hydrogen) atoms. The van der Waals surface area contributed by atoms with E-state index in [1.165, 1.54) is 0 Å². The smallest absolute Gasteiger partial charge is 0.132 e. The van der Waals surface area contributed by atoms with E-state index in [1.54, 1.807) is 12.1 Å². The zero-order chi connectivity index (χ0) is 7.72. The topological polar surface area (TPSA) is 58.7 Å². The number of carbonyl (C=O) groups excluding carboxylic acids is 1. The monoisotopic (exact) mass is 141 g/mol. The number of nitrogens with two attached hydrogens (primary N) is 1. The lowest BCUT2D eigenvalue weighted by molar-refractivity contribution is -0.110. The number of hydrazone groups is 1. The van der Waals surface area contributed by atoms with E-state index in [2.05, 4.69) is 5.10 Å². The summed E-state index contributed by atoms with van der Waals surface area (Å²) in [7, 11) is 1.76. The van der Waals surface area contributed by atoms with Crippen molar-refractivity contribution in [2.75, 3.05) is 7.05 Å². The summed E-state index contributed by atoms with van der Waals surface area (Å²) >= 11 is 0. The molecule has 2 atom stereocenters. The van der Waals surface area contributed by atoms with Crippen LogP contribution in [0.5, 0.6) is 0 Å². The van der Waals surface area contributed by atoms with Crippen LogP contribution >= 0.6 is 0 Å². The third kappa shape index (κ3) is 0.903. The Labute approximate surface area is 59.7 Å². The standard InChI is InChI=1S/C6H11N3O/c1-4-5(3-10)6(7)9(2)8-4/h3,5-6H,7H2,1-2H3. The van der Waals surface area contributed by atoms with Gasteiger partial charge in [0.2, 0.25) is 0 Å². The van der Waals surface area contributed by atoms with Gasteiger partial charge in [0.25, 0.3) is 0 Å². The zero-order valence-electron chi connectivity index (χ0n) is 6.11. The van der Waals surface area contributed by atoms with Gasteiger partial charge in [0.1, 0.15) is 12.5 Å². The van der Waals surface area contributed by atoms with Gasteiger partial charge in [0.15, 0.2) is 0 Å². The number of hydrogen-bond donors (Lipinski definition) is 1. The molecule has 0 spiro atoms. The van der Waals surface area contributed by atoms with Gasteiger partial charge in [-0.05, 0) is 6.92 Å². The van der Waals surface area contributed by atoms with Gasteiger partial charge in [0.05, 0.1) is 5.92 Å². The number of nitrogens with zero attached hydrogens (tertiary/aromatic N) is 2. The van der Waals surface area contributed by atoms with Crippen molar-refractivity contribution in [2.24, 2.45) is 16.8 Å². The van der Waals surface area contributed by atoms with Crippen LogP contribution in [-0.4, -0.2) is 30.2 Å². The van der Waals surface area contributed by atoms with E-state index in [0.717, 1.165) is 12.0 Å². The summed E-state index contributed by atoms with van der Waals surface area (Å²) < 4.78 is 0. The summed E-state index contributed by atoms with van der Waals surface area (Å²) in [6.07, 6.45) is 0.574. The van der Waals surface area contributed by atoms with Gasteiger partial charge in [-0.15, -0.1) is 0 Å². The molecule has 1 heterocycles. The van der Waals surface area contributed by atoms with Crippen LogP contribution in [0.1, 0.15) is 6.92 Å². The lowest BCUT2D eigenvalue weighted by atomic mass is 10.1. The van der Waals surface area contributed by atoms with Crippen molar-refractivity contribution >= 4 is 12.0 Å². The second-order valence-electron chi connectivity index (χ2n) is 2.47. The molecule has 0 radical (unpaired) electrons. The van der Waals surface area contributed by atoms with Gasteiger partial charge >= 0.3 is 0 Å². The second kappa shape index (κ2) is 2.38. The van der Waals surface area contributed by atoms with Crippen LogP contribution in [0.25, 0.3) is 0 Å². The van der Waals surface area contributed by atoms with Crippen molar-refractivity contribution in [3.63, 3.8) is 0 Å². The molecule has 0 aromatic rings. The maximum Gasteiger partial charge on any atom is 0.132 e. The molecule has 0 bridgehead atoms. The normalized spacial score (nSPS) is 32.3. The first-order valence-electron chi connectivity index (χ1n) is 3.15. The molecule has 0 amide bonds. The van der Waals surface area contributed by atoms with E-state index in [-0.39, 0.29) is 12.1 Å². The van der Waals surface area contributed by atoms with Crippen LogP contribution in [0.15, 0.2) is 5.10 Å². The number of aldehydes is 1. The Balaban J connectivity index is 2.77. The summed E-state index contributed by atoms with van der Waals surface area (Å²) in [6.45, 7) is 1.81. The largest absolute Gasteiger partial charge is 0.309 e. The Bertz CT molecular complexity index is 178. The molecule has 56 valence electrons. The fraction of sp³-hybridized carbons (Fsp3) is 0.667. The lowest BCUT2D eigenvalue weighted by Gasteiger charge is -2.15. The molecule has 0 aromatic heterocycles. The van der Waals surface area contributed by atoms with Crippen LogP contribution in [-0.2, 0) is 4.79 Å². The maximum absolute atomic E-state index is 10.4. The molecule has 2 N–H and O–H groups in total. The Hall–Kier alpha value is -0.900. The van der Waals surface area contributed by atoms with Gasteiger partial charge in [-0.3, -0.25) is 5.01 Å². The summed E-state index contributed by atoms with van der Waals surface area (Å²) in [5.74, 6) is -0.218. The highest BCUT2D eigenvalue weighted by Crippen LogP contribution is 2.13. The van der Waals surface area contributed by atoms with Gasteiger partial charge in [-0.2, -0.15) is 5.10 Å². The van der Waals surface area contributed by atoms with Gasteiger partial charge in [-0.25, -0.2) is 0 Å². The average Bonchev–Trinajstić information content (AvgIpc) is 2.09. The SMILES string of the molecule is CC1=NN(C)C(N)C1C=O. The van der Waals surface area contributed by atoms with E-state index in [4.69, 9.17) is 5.73 Å². The molecule has 0 saturated carbocycles. The van der Waals surface area contributed by atoms with E-state index < -0.39 is 0 Å². The Morgan fingerprint density at radius 1 is 1.80 bits per heavy atom. The minimum absolute atomic E-state index is 0.218. The highest BCUT2D eigenvalue weighted by Gasteiger charge is 2.29. The average molecular weight is 141 g/mol. The molecule has 0 aliphatic carbocycles. The number of carbonyl (C=O) groups is 1. The fourth-order valence-electron chi connectivity index (χ4n) is 1.04. The van der Waals surface area contributed by atoms with Crippen molar-refractivity contribution < 1.29 is 4.79 Å². The third-order valence-electron chi connectivity index (χ3n) is 1.74. The summed E-state index contributed by atoms with van der Waals surface area (Å²) in [5, 5.41) is 5.62. The molecule has 4 nitrogen and oxygen atoms in total. The Morgan fingerprint density at radius 2 is 2.40 bits per heavy atom. The predicted molar refractivity (Wildman–Crippen MR) is 38.4 cm³/mol. The third-order valence-corrected chi connectivity index (χ3v) is 1.74. The molecular weight excluding hydrogens is 130 g/mol. The zero-order valence-corrected chi connectivity index (χ0v) is 6.11. The van der Waals surface area contributed by atoms with Crippen LogP contribution in [0.2, 0.25) is 0 Å². The quantitative estimate of drug-likeness (QED) is 0.496. The Morgan fingerprint density at radius 3 is 2.60 bits per heavy atom. The second-order valence-corrected chi connectivity index (χ2v) is 2.47. The van der Waals surface area contributed by atoms with Crippen molar-refractivity contribution in [2.45, 2.75) is 13.1 Å². The summed E-state index contributed by atoms with van der Waals surface area (Å²) in [6, 6.07) is 0. The molecule has 0 saturated heterocycles. The summed E-state index contributed by atoms with van der Waals surface area (Å²) in [5.41, 5.74) is 6.40. The molecule has 4 heteroatoms. The molecule has 1 aliphatic rings. The van der Waals surface area contributed by atoms with Crippen molar-refractivity contribution in [1.29, 1.82) is 0 Å². The van der Waals surface area contributed by atoms with Crippen LogP contribution in [0.4, 0.5) is 0 Å². The highest BCUT2D eigenvalue weighted by atomic mass is 16.1. The minimum Gasteiger partial charge on any atom is -0.309 e. The van der Waals surface area contributed by atoms with E-state index in [0.29, 0.717) is 0 Å². The highest BCUT2D eigenvalue weighted by molar-refractivity contribution is 5.97. The van der Waals surface area contributed by atoms with Crippen molar-refractivity contribution in [3.8, 4) is 0 Å². The first-order chi connectivity index (χ1) is 4.66. The molecule has 0 fully saturated rings. The maximum atomic E-state index is 10.4. The van der Waals surface area contributed by atoms with Crippen LogP contribution in [0, 0.1) is 5.92 Å². The van der Waals surface area contributed by atoms with Crippen LogP contribution < -0.4 is 5.73 Å². The number of hydrogen-bond acceptors (Lipinski definition) is 4. The first-order valence-corrected chi connectivity index (χ1v) is 3.15. The van der Waals surface area contributed by atoms with E-state index in [9.17, 15) is 4.79 Å². The minimum atomic E-state index is -0.266. The molecular formula is C6H11N3O. The molecule has 1 rings (SSSR count). The summed E-state index contributed by atoms with van der Waals surface area (Å²) in [4.78, 5) is 10.4. The van der Waals surface area contributed by atoms with Gasteiger partial charge < -0.3 is 10.5 Å². The van der Waals surface area contributed by atoms with E-state index in [1.807, 2.05) is 6.92 Å². The Kier molecular flexibility index (Phi) is 1.72. The van der Waals surface area contributed by atoms with E-state index >= 15 is 0 Å². The van der Waals surface area contributed by atoms with Gasteiger partial charge in [0, 0.05) is 12.8 Å². The molecule has 1 aliphatic heterocycles. The predicted octanol–water partition coefficient (Wildman–Crippen LogP) is -0.592. The first kappa shape index (κ1) is 7.21. The number of rotatable bonds is 1.